The molecule has 1 aromatic carbocycles. The SMILES string of the molecule is CCC(=O)Nc1ccc2c(c1)N(CCN1CCOCC1)C(=O)CO2. The number of carbonyl (C=O) groups excluding carboxylic acids is 2. The van der Waals surface area contributed by atoms with Gasteiger partial charge in [0.1, 0.15) is 5.75 Å². The Kier molecular flexibility index (Phi) is 5.32. The van der Waals surface area contributed by atoms with E-state index in [9.17, 15) is 9.59 Å². The van der Waals surface area contributed by atoms with Crippen molar-refractivity contribution in [3.8, 4) is 5.75 Å². The first kappa shape index (κ1) is 16.7. The molecule has 130 valence electrons. The molecule has 0 bridgehead atoms. The molecule has 0 saturated carbocycles. The summed E-state index contributed by atoms with van der Waals surface area (Å²) in [7, 11) is 0. The predicted molar refractivity (Wildman–Crippen MR) is 90.5 cm³/mol. The second kappa shape index (κ2) is 7.63. The number of hydrogen-bond donors (Lipinski definition) is 1. The second-order valence-electron chi connectivity index (χ2n) is 5.87. The molecule has 7 nitrogen and oxygen atoms in total. The minimum absolute atomic E-state index is 0.0524. The van der Waals surface area contributed by atoms with Crippen LogP contribution in [0.4, 0.5) is 11.4 Å². The van der Waals surface area contributed by atoms with Crippen molar-refractivity contribution in [3.05, 3.63) is 18.2 Å². The Hall–Kier alpha value is -2.12. The summed E-state index contributed by atoms with van der Waals surface area (Å²) < 4.78 is 10.9. The van der Waals surface area contributed by atoms with Crippen molar-refractivity contribution in [2.24, 2.45) is 0 Å². The Labute approximate surface area is 141 Å². The van der Waals surface area contributed by atoms with Gasteiger partial charge in [-0.05, 0) is 18.2 Å². The van der Waals surface area contributed by atoms with E-state index in [2.05, 4.69) is 10.2 Å². The molecule has 0 atom stereocenters. The van der Waals surface area contributed by atoms with Gasteiger partial charge >= 0.3 is 0 Å². The van der Waals surface area contributed by atoms with Gasteiger partial charge in [0.25, 0.3) is 5.91 Å². The van der Waals surface area contributed by atoms with Crippen LogP contribution >= 0.6 is 0 Å². The molecule has 1 fully saturated rings. The van der Waals surface area contributed by atoms with Crippen LogP contribution in [0.1, 0.15) is 13.3 Å². The number of nitrogens with one attached hydrogen (secondary N) is 1. The van der Waals surface area contributed by atoms with Gasteiger partial charge in [0.05, 0.1) is 18.9 Å². The third-order valence-corrected chi connectivity index (χ3v) is 4.25. The Bertz CT molecular complexity index is 614. The van der Waals surface area contributed by atoms with Gasteiger partial charge in [-0.15, -0.1) is 0 Å². The quantitative estimate of drug-likeness (QED) is 0.873. The van der Waals surface area contributed by atoms with Crippen molar-refractivity contribution in [2.75, 3.05) is 56.2 Å². The van der Waals surface area contributed by atoms with Crippen molar-refractivity contribution in [1.82, 2.24) is 4.90 Å². The maximum atomic E-state index is 12.3. The third-order valence-electron chi connectivity index (χ3n) is 4.25. The number of carbonyl (C=O) groups is 2. The number of ether oxygens (including phenoxy) is 2. The zero-order valence-corrected chi connectivity index (χ0v) is 13.9. The van der Waals surface area contributed by atoms with E-state index < -0.39 is 0 Å². The molecule has 2 amide bonds. The summed E-state index contributed by atoms with van der Waals surface area (Å²) in [5.74, 6) is 0.554. The summed E-state index contributed by atoms with van der Waals surface area (Å²) in [5, 5.41) is 2.82. The molecule has 2 aliphatic heterocycles. The monoisotopic (exact) mass is 333 g/mol. The van der Waals surface area contributed by atoms with Gasteiger partial charge in [0, 0.05) is 38.3 Å². The highest BCUT2D eigenvalue weighted by Gasteiger charge is 2.26. The van der Waals surface area contributed by atoms with E-state index in [0.29, 0.717) is 30.1 Å². The molecule has 0 aliphatic carbocycles. The largest absolute Gasteiger partial charge is 0.482 e. The van der Waals surface area contributed by atoms with Gasteiger partial charge in [-0.2, -0.15) is 0 Å². The molecular formula is C17H23N3O4. The van der Waals surface area contributed by atoms with Crippen LogP contribution in [0.25, 0.3) is 0 Å². The summed E-state index contributed by atoms with van der Waals surface area (Å²) in [4.78, 5) is 27.9. The number of hydrogen-bond acceptors (Lipinski definition) is 5. The van der Waals surface area contributed by atoms with Gasteiger partial charge in [-0.25, -0.2) is 0 Å². The number of morpholine rings is 1. The topological polar surface area (TPSA) is 71.1 Å². The van der Waals surface area contributed by atoms with Crippen LogP contribution in [0.5, 0.6) is 5.75 Å². The number of anilines is 2. The summed E-state index contributed by atoms with van der Waals surface area (Å²) in [6.45, 7) is 6.49. The summed E-state index contributed by atoms with van der Waals surface area (Å²) in [5.41, 5.74) is 1.39. The van der Waals surface area contributed by atoms with E-state index in [0.717, 1.165) is 32.8 Å². The molecule has 0 unspecified atom stereocenters. The van der Waals surface area contributed by atoms with Gasteiger partial charge in [0.2, 0.25) is 5.91 Å². The number of benzene rings is 1. The van der Waals surface area contributed by atoms with E-state index in [4.69, 9.17) is 9.47 Å². The molecule has 24 heavy (non-hydrogen) atoms. The smallest absolute Gasteiger partial charge is 0.265 e. The van der Waals surface area contributed by atoms with Crippen molar-refractivity contribution in [1.29, 1.82) is 0 Å². The van der Waals surface area contributed by atoms with Crippen LogP contribution in [-0.4, -0.2) is 62.7 Å². The molecule has 2 heterocycles. The maximum absolute atomic E-state index is 12.3. The number of fused-ring (bicyclic) bond motifs is 1. The zero-order valence-electron chi connectivity index (χ0n) is 13.9. The van der Waals surface area contributed by atoms with Crippen molar-refractivity contribution < 1.29 is 19.1 Å². The molecule has 0 aromatic heterocycles. The van der Waals surface area contributed by atoms with E-state index >= 15 is 0 Å². The molecule has 3 rings (SSSR count). The molecule has 2 aliphatic rings. The van der Waals surface area contributed by atoms with Gasteiger partial charge in [-0.1, -0.05) is 6.92 Å². The highest BCUT2D eigenvalue weighted by molar-refractivity contribution is 5.99. The third kappa shape index (κ3) is 3.85. The second-order valence-corrected chi connectivity index (χ2v) is 5.87. The van der Waals surface area contributed by atoms with E-state index in [1.54, 1.807) is 30.0 Å². The van der Waals surface area contributed by atoms with Crippen LogP contribution in [0, 0.1) is 0 Å². The first-order valence-electron chi connectivity index (χ1n) is 8.34. The Morgan fingerprint density at radius 2 is 2.04 bits per heavy atom. The van der Waals surface area contributed by atoms with Crippen LogP contribution < -0.4 is 15.0 Å². The van der Waals surface area contributed by atoms with Crippen LogP contribution in [0.3, 0.4) is 0 Å². The Balaban J connectivity index is 1.73. The molecule has 7 heteroatoms. The maximum Gasteiger partial charge on any atom is 0.265 e. The average molecular weight is 333 g/mol. The normalized spacial score (nSPS) is 18.0. The number of rotatable bonds is 5. The van der Waals surface area contributed by atoms with Crippen LogP contribution in [0.15, 0.2) is 18.2 Å². The standard InChI is InChI=1S/C17H23N3O4/c1-2-16(21)18-13-3-4-15-14(11-13)20(17(22)12-24-15)6-5-19-7-9-23-10-8-19/h3-4,11H,2,5-10,12H2,1H3,(H,18,21). The number of nitrogens with zero attached hydrogens (tertiary/aromatic N) is 2. The van der Waals surface area contributed by atoms with Gasteiger partial charge in [-0.3, -0.25) is 14.5 Å². The van der Waals surface area contributed by atoms with Gasteiger partial charge < -0.3 is 19.7 Å². The Morgan fingerprint density at radius 3 is 2.79 bits per heavy atom. The fourth-order valence-electron chi connectivity index (χ4n) is 2.84. The predicted octanol–water partition coefficient (Wildman–Crippen LogP) is 1.09. The van der Waals surface area contributed by atoms with Crippen molar-refractivity contribution in [3.63, 3.8) is 0 Å². The molecular weight excluding hydrogens is 310 g/mol. The van der Waals surface area contributed by atoms with Gasteiger partial charge in [0.15, 0.2) is 6.61 Å². The Morgan fingerprint density at radius 1 is 1.25 bits per heavy atom. The molecule has 1 saturated heterocycles. The first-order chi connectivity index (χ1) is 11.7. The van der Waals surface area contributed by atoms with Crippen molar-refractivity contribution in [2.45, 2.75) is 13.3 Å². The molecule has 0 radical (unpaired) electrons. The molecule has 0 spiro atoms. The zero-order chi connectivity index (χ0) is 16.9. The molecule has 1 aromatic rings. The fraction of sp³-hybridized carbons (Fsp3) is 0.529. The molecule has 1 N–H and O–H groups in total. The highest BCUT2D eigenvalue weighted by Crippen LogP contribution is 2.34. The van der Waals surface area contributed by atoms with E-state index in [1.165, 1.54) is 0 Å². The number of amides is 2. The van der Waals surface area contributed by atoms with Crippen LogP contribution in [0.2, 0.25) is 0 Å². The fourth-order valence-corrected chi connectivity index (χ4v) is 2.84. The lowest BCUT2D eigenvalue weighted by Crippen LogP contribution is -2.45. The van der Waals surface area contributed by atoms with Crippen LogP contribution in [-0.2, 0) is 14.3 Å². The minimum Gasteiger partial charge on any atom is -0.482 e. The van der Waals surface area contributed by atoms with E-state index in [-0.39, 0.29) is 18.4 Å². The lowest BCUT2D eigenvalue weighted by Gasteiger charge is -2.33. The lowest BCUT2D eigenvalue weighted by molar-refractivity contribution is -0.121. The first-order valence-corrected chi connectivity index (χ1v) is 8.34. The lowest BCUT2D eigenvalue weighted by atomic mass is 10.2. The summed E-state index contributed by atoms with van der Waals surface area (Å²) in [6.07, 6.45) is 0.410. The average Bonchev–Trinajstić information content (AvgIpc) is 2.61. The van der Waals surface area contributed by atoms with E-state index in [1.807, 2.05) is 0 Å². The van der Waals surface area contributed by atoms with Crippen molar-refractivity contribution >= 4 is 23.2 Å². The summed E-state index contributed by atoms with van der Waals surface area (Å²) >= 11 is 0. The minimum atomic E-state index is -0.0604. The summed E-state index contributed by atoms with van der Waals surface area (Å²) in [6, 6.07) is 5.40. The highest BCUT2D eigenvalue weighted by atomic mass is 16.5.